The summed E-state index contributed by atoms with van der Waals surface area (Å²) in [7, 11) is 2.05. The molecule has 20 heavy (non-hydrogen) atoms. The summed E-state index contributed by atoms with van der Waals surface area (Å²) in [6.45, 7) is 4.58. The van der Waals surface area contributed by atoms with E-state index in [0.717, 1.165) is 39.3 Å². The van der Waals surface area contributed by atoms with Crippen LogP contribution in [-0.4, -0.2) is 43.5 Å². The second-order valence-corrected chi connectivity index (χ2v) is 5.65. The first-order chi connectivity index (χ1) is 9.81. The van der Waals surface area contributed by atoms with Crippen molar-refractivity contribution in [3.63, 3.8) is 0 Å². The maximum Gasteiger partial charge on any atom is 0.0949 e. The van der Waals surface area contributed by atoms with Crippen molar-refractivity contribution in [2.24, 2.45) is 7.05 Å². The first kappa shape index (κ1) is 12.1. The van der Waals surface area contributed by atoms with Gasteiger partial charge in [0.25, 0.3) is 0 Å². The summed E-state index contributed by atoms with van der Waals surface area (Å²) < 4.78 is 9.63. The molecule has 106 valence electrons. The zero-order valence-electron chi connectivity index (χ0n) is 11.7. The summed E-state index contributed by atoms with van der Waals surface area (Å²) in [5.74, 6) is 0. The number of imidazole rings is 1. The molecule has 4 heterocycles. The van der Waals surface area contributed by atoms with Gasteiger partial charge >= 0.3 is 0 Å². The first-order valence-electron chi connectivity index (χ1n) is 7.12. The third-order valence-corrected chi connectivity index (χ3v) is 4.39. The molecule has 2 aliphatic heterocycles. The second-order valence-electron chi connectivity index (χ2n) is 5.65. The Morgan fingerprint density at radius 3 is 3.10 bits per heavy atom. The van der Waals surface area contributed by atoms with Crippen LogP contribution in [-0.2, 0) is 31.4 Å². The molecule has 1 saturated heterocycles. The van der Waals surface area contributed by atoms with Gasteiger partial charge in [-0.2, -0.15) is 5.10 Å². The first-order valence-corrected chi connectivity index (χ1v) is 7.12. The highest BCUT2D eigenvalue weighted by atomic mass is 16.5. The summed E-state index contributed by atoms with van der Waals surface area (Å²) >= 11 is 0. The fourth-order valence-corrected chi connectivity index (χ4v) is 3.24. The van der Waals surface area contributed by atoms with Crippen molar-refractivity contribution in [2.75, 3.05) is 13.2 Å². The quantitative estimate of drug-likeness (QED) is 0.829. The molecule has 2 aliphatic rings. The number of aryl methyl sites for hydroxylation is 1. The zero-order valence-corrected chi connectivity index (χ0v) is 11.7. The summed E-state index contributed by atoms with van der Waals surface area (Å²) in [6.07, 6.45) is 6.79. The largest absolute Gasteiger partial charge is 0.380 e. The molecule has 0 unspecified atom stereocenters. The third-order valence-electron chi connectivity index (χ3n) is 4.39. The van der Waals surface area contributed by atoms with Crippen LogP contribution in [0.3, 0.4) is 0 Å². The Bertz CT molecular complexity index is 597. The second kappa shape index (κ2) is 4.71. The van der Waals surface area contributed by atoms with Gasteiger partial charge in [0, 0.05) is 50.7 Å². The van der Waals surface area contributed by atoms with Gasteiger partial charge < -0.3 is 9.30 Å². The Hall–Kier alpha value is -1.66. The minimum absolute atomic E-state index is 0.573. The highest BCUT2D eigenvalue weighted by Gasteiger charge is 2.32. The standard InChI is InChI=1S/C14H19N5O/c1-17-14-8-19(11-2-5-20-9-11)6-12(14)13(16-17)7-18-4-3-15-10-18/h3-4,10-11H,2,5-9H2,1H3/t11-/m1/s1. The molecule has 6 nitrogen and oxygen atoms in total. The van der Waals surface area contributed by atoms with E-state index in [2.05, 4.69) is 19.5 Å². The van der Waals surface area contributed by atoms with E-state index in [1.165, 1.54) is 17.0 Å². The van der Waals surface area contributed by atoms with Gasteiger partial charge in [-0.25, -0.2) is 4.98 Å². The number of ether oxygens (including phenoxy) is 1. The fraction of sp³-hybridized carbons (Fsp3) is 0.571. The van der Waals surface area contributed by atoms with Crippen molar-refractivity contribution >= 4 is 0 Å². The van der Waals surface area contributed by atoms with Gasteiger partial charge in [0.05, 0.1) is 30.9 Å². The van der Waals surface area contributed by atoms with Gasteiger partial charge in [-0.15, -0.1) is 0 Å². The molecule has 0 radical (unpaired) electrons. The van der Waals surface area contributed by atoms with Gasteiger partial charge in [0.15, 0.2) is 0 Å². The van der Waals surface area contributed by atoms with Crippen LogP contribution in [0, 0.1) is 0 Å². The molecule has 0 aliphatic carbocycles. The van der Waals surface area contributed by atoms with E-state index >= 15 is 0 Å². The molecule has 0 amide bonds. The Morgan fingerprint density at radius 1 is 1.40 bits per heavy atom. The number of hydrogen-bond donors (Lipinski definition) is 0. The average molecular weight is 273 g/mol. The molecule has 2 aromatic heterocycles. The van der Waals surface area contributed by atoms with Crippen LogP contribution < -0.4 is 0 Å². The van der Waals surface area contributed by atoms with E-state index in [0.29, 0.717) is 6.04 Å². The predicted octanol–water partition coefficient (Wildman–Crippen LogP) is 0.769. The lowest BCUT2D eigenvalue weighted by molar-refractivity contribution is 0.141. The van der Waals surface area contributed by atoms with Crippen LogP contribution in [0.2, 0.25) is 0 Å². The Kier molecular flexibility index (Phi) is 2.85. The number of aromatic nitrogens is 4. The molecule has 4 rings (SSSR count). The highest BCUT2D eigenvalue weighted by molar-refractivity contribution is 5.30. The lowest BCUT2D eigenvalue weighted by Gasteiger charge is -2.21. The summed E-state index contributed by atoms with van der Waals surface area (Å²) in [5.41, 5.74) is 3.92. The topological polar surface area (TPSA) is 48.1 Å². The zero-order chi connectivity index (χ0) is 13.5. The predicted molar refractivity (Wildman–Crippen MR) is 73.0 cm³/mol. The van der Waals surface area contributed by atoms with Crippen molar-refractivity contribution in [3.8, 4) is 0 Å². The SMILES string of the molecule is Cn1nc(Cn2ccnc2)c2c1CN([C@@H]1CCOC1)C2. The van der Waals surface area contributed by atoms with Gasteiger partial charge in [-0.1, -0.05) is 0 Å². The summed E-state index contributed by atoms with van der Waals surface area (Å²) in [6, 6.07) is 0.573. The van der Waals surface area contributed by atoms with E-state index in [-0.39, 0.29) is 0 Å². The van der Waals surface area contributed by atoms with Gasteiger partial charge in [0.2, 0.25) is 0 Å². The number of fused-ring (bicyclic) bond motifs is 1. The molecule has 6 heteroatoms. The van der Waals surface area contributed by atoms with Gasteiger partial charge in [-0.05, 0) is 6.42 Å². The van der Waals surface area contributed by atoms with Crippen LogP contribution in [0.5, 0.6) is 0 Å². The van der Waals surface area contributed by atoms with E-state index in [4.69, 9.17) is 4.74 Å². The highest BCUT2D eigenvalue weighted by Crippen LogP contribution is 2.29. The van der Waals surface area contributed by atoms with Crippen molar-refractivity contribution < 1.29 is 4.74 Å². The van der Waals surface area contributed by atoms with Crippen molar-refractivity contribution in [3.05, 3.63) is 35.7 Å². The fourth-order valence-electron chi connectivity index (χ4n) is 3.24. The molecule has 0 N–H and O–H groups in total. The van der Waals surface area contributed by atoms with E-state index in [1.54, 1.807) is 0 Å². The minimum Gasteiger partial charge on any atom is -0.380 e. The Morgan fingerprint density at radius 2 is 2.35 bits per heavy atom. The van der Waals surface area contributed by atoms with Crippen LogP contribution in [0.25, 0.3) is 0 Å². The van der Waals surface area contributed by atoms with Crippen LogP contribution >= 0.6 is 0 Å². The van der Waals surface area contributed by atoms with Crippen molar-refractivity contribution in [1.29, 1.82) is 0 Å². The average Bonchev–Trinajstić information content (AvgIpc) is 3.18. The Balaban J connectivity index is 1.58. The lowest BCUT2D eigenvalue weighted by atomic mass is 10.2. The maximum atomic E-state index is 5.51. The summed E-state index contributed by atoms with van der Waals surface area (Å²) in [4.78, 5) is 6.62. The van der Waals surface area contributed by atoms with Crippen molar-refractivity contribution in [1.82, 2.24) is 24.2 Å². The van der Waals surface area contributed by atoms with Crippen LogP contribution in [0.15, 0.2) is 18.7 Å². The molecule has 0 spiro atoms. The molecule has 2 aromatic rings. The van der Waals surface area contributed by atoms with E-state index in [9.17, 15) is 0 Å². The lowest BCUT2D eigenvalue weighted by Crippen LogP contribution is -2.31. The van der Waals surface area contributed by atoms with Crippen LogP contribution in [0.4, 0.5) is 0 Å². The van der Waals surface area contributed by atoms with Crippen LogP contribution in [0.1, 0.15) is 23.4 Å². The maximum absolute atomic E-state index is 5.51. The van der Waals surface area contributed by atoms with E-state index in [1.807, 2.05) is 30.5 Å². The van der Waals surface area contributed by atoms with Gasteiger partial charge in [0.1, 0.15) is 0 Å². The molecule has 0 saturated carbocycles. The smallest absolute Gasteiger partial charge is 0.0949 e. The molecular formula is C14H19N5O. The molecule has 0 aromatic carbocycles. The summed E-state index contributed by atoms with van der Waals surface area (Å²) in [5, 5.41) is 4.68. The monoisotopic (exact) mass is 273 g/mol. The minimum atomic E-state index is 0.573. The molecular weight excluding hydrogens is 254 g/mol. The third kappa shape index (κ3) is 1.96. The van der Waals surface area contributed by atoms with Crippen molar-refractivity contribution in [2.45, 2.75) is 32.1 Å². The molecule has 0 bridgehead atoms. The normalized spacial score (nSPS) is 22.6. The Labute approximate surface area is 118 Å². The molecule has 1 fully saturated rings. The number of nitrogens with zero attached hydrogens (tertiary/aromatic N) is 5. The molecule has 1 atom stereocenters. The van der Waals surface area contributed by atoms with Gasteiger partial charge in [-0.3, -0.25) is 9.58 Å². The van der Waals surface area contributed by atoms with E-state index < -0.39 is 0 Å². The number of rotatable bonds is 3. The number of hydrogen-bond acceptors (Lipinski definition) is 4.